The standard InChI is InChI=1S/C22H22N2O5/c1-3-28-16-10-8-15(9-11-16)21(26)14(2)29-20(25)13-12-19-23-18-7-5-4-6-17(18)22(27)24-19/h4-11,14H,3,12-13H2,1-2H3,(H,23,24,27)/t14-/m1/s1. The molecule has 1 heterocycles. The first-order chi connectivity index (χ1) is 14.0. The normalized spacial score (nSPS) is 11.8. The number of H-pyrrole nitrogens is 1. The molecule has 0 saturated carbocycles. The number of nitrogens with one attached hydrogen (secondary N) is 1. The topological polar surface area (TPSA) is 98.3 Å². The second-order valence-electron chi connectivity index (χ2n) is 6.48. The second-order valence-corrected chi connectivity index (χ2v) is 6.48. The number of Topliss-reactive ketones (excluding diaryl/α,β-unsaturated/α-hetero) is 1. The molecule has 0 bridgehead atoms. The number of hydrogen-bond acceptors (Lipinski definition) is 6. The highest BCUT2D eigenvalue weighted by Gasteiger charge is 2.19. The van der Waals surface area contributed by atoms with Crippen LogP contribution in [0.4, 0.5) is 0 Å². The average molecular weight is 394 g/mol. The van der Waals surface area contributed by atoms with Gasteiger partial charge in [-0.1, -0.05) is 12.1 Å². The van der Waals surface area contributed by atoms with Crippen LogP contribution in [0.3, 0.4) is 0 Å². The highest BCUT2D eigenvalue weighted by Crippen LogP contribution is 2.15. The Balaban J connectivity index is 1.57. The van der Waals surface area contributed by atoms with Crippen molar-refractivity contribution in [1.82, 2.24) is 9.97 Å². The van der Waals surface area contributed by atoms with E-state index < -0.39 is 12.1 Å². The molecule has 3 rings (SSSR count). The maximum atomic E-state index is 12.4. The lowest BCUT2D eigenvalue weighted by atomic mass is 10.1. The highest BCUT2D eigenvalue weighted by molar-refractivity contribution is 6.00. The minimum atomic E-state index is -0.913. The lowest BCUT2D eigenvalue weighted by Gasteiger charge is -2.13. The van der Waals surface area contributed by atoms with Crippen molar-refractivity contribution in [1.29, 1.82) is 0 Å². The smallest absolute Gasteiger partial charge is 0.306 e. The number of carbonyl (C=O) groups excluding carboxylic acids is 2. The zero-order valence-electron chi connectivity index (χ0n) is 16.3. The molecule has 0 saturated heterocycles. The van der Waals surface area contributed by atoms with Crippen molar-refractivity contribution >= 4 is 22.7 Å². The molecular weight excluding hydrogens is 372 g/mol. The summed E-state index contributed by atoms with van der Waals surface area (Å²) in [5.74, 6) is 0.243. The average Bonchev–Trinajstić information content (AvgIpc) is 2.72. The van der Waals surface area contributed by atoms with Gasteiger partial charge in [0, 0.05) is 12.0 Å². The molecule has 150 valence electrons. The van der Waals surface area contributed by atoms with Crippen molar-refractivity contribution in [3.8, 4) is 5.75 Å². The number of aryl methyl sites for hydroxylation is 1. The number of hydrogen-bond donors (Lipinski definition) is 1. The van der Waals surface area contributed by atoms with Gasteiger partial charge in [0.15, 0.2) is 6.10 Å². The van der Waals surface area contributed by atoms with Crippen molar-refractivity contribution in [3.05, 3.63) is 70.3 Å². The van der Waals surface area contributed by atoms with Crippen molar-refractivity contribution in [3.63, 3.8) is 0 Å². The van der Waals surface area contributed by atoms with E-state index in [4.69, 9.17) is 9.47 Å². The summed E-state index contributed by atoms with van der Waals surface area (Å²) in [6.07, 6.45) is -0.700. The van der Waals surface area contributed by atoms with E-state index in [-0.39, 0.29) is 24.2 Å². The Morgan fingerprint density at radius 1 is 1.10 bits per heavy atom. The number of carbonyl (C=O) groups is 2. The fourth-order valence-electron chi connectivity index (χ4n) is 2.90. The molecule has 7 nitrogen and oxygen atoms in total. The van der Waals surface area contributed by atoms with Crippen LogP contribution in [0.15, 0.2) is 53.3 Å². The molecule has 1 aromatic heterocycles. The van der Waals surface area contributed by atoms with Gasteiger partial charge >= 0.3 is 5.97 Å². The van der Waals surface area contributed by atoms with E-state index in [0.717, 1.165) is 0 Å². The largest absolute Gasteiger partial charge is 0.494 e. The van der Waals surface area contributed by atoms with Gasteiger partial charge in [0.25, 0.3) is 5.56 Å². The molecule has 0 spiro atoms. The summed E-state index contributed by atoms with van der Waals surface area (Å²) in [4.78, 5) is 43.7. The lowest BCUT2D eigenvalue weighted by Crippen LogP contribution is -2.24. The molecule has 29 heavy (non-hydrogen) atoms. The predicted molar refractivity (Wildman–Crippen MR) is 108 cm³/mol. The molecule has 1 N–H and O–H groups in total. The van der Waals surface area contributed by atoms with Crippen molar-refractivity contribution in [2.24, 2.45) is 0 Å². The quantitative estimate of drug-likeness (QED) is 0.466. The maximum absolute atomic E-state index is 12.4. The first-order valence-corrected chi connectivity index (χ1v) is 9.42. The van der Waals surface area contributed by atoms with Crippen LogP contribution in [0.2, 0.25) is 0 Å². The fourth-order valence-corrected chi connectivity index (χ4v) is 2.90. The van der Waals surface area contributed by atoms with Gasteiger partial charge in [0.1, 0.15) is 11.6 Å². The van der Waals surface area contributed by atoms with Crippen LogP contribution in [-0.2, 0) is 16.0 Å². The van der Waals surface area contributed by atoms with Gasteiger partial charge in [0.2, 0.25) is 5.78 Å². The summed E-state index contributed by atoms with van der Waals surface area (Å²) in [5, 5.41) is 0.494. The van der Waals surface area contributed by atoms with Gasteiger partial charge in [-0.2, -0.15) is 0 Å². The van der Waals surface area contributed by atoms with E-state index in [0.29, 0.717) is 34.6 Å². The number of benzene rings is 2. The van der Waals surface area contributed by atoms with Crippen molar-refractivity contribution < 1.29 is 19.1 Å². The van der Waals surface area contributed by atoms with Gasteiger partial charge in [-0.3, -0.25) is 14.4 Å². The molecule has 0 amide bonds. The molecule has 0 fully saturated rings. The number of aromatic amines is 1. The molecule has 0 unspecified atom stereocenters. The molecule has 0 radical (unpaired) electrons. The Morgan fingerprint density at radius 2 is 1.83 bits per heavy atom. The number of rotatable bonds is 8. The van der Waals surface area contributed by atoms with Crippen LogP contribution in [0.5, 0.6) is 5.75 Å². The van der Waals surface area contributed by atoms with Gasteiger partial charge in [0.05, 0.1) is 23.9 Å². The highest BCUT2D eigenvalue weighted by atomic mass is 16.5. The zero-order valence-corrected chi connectivity index (χ0v) is 16.3. The second kappa shape index (κ2) is 9.14. The number of aromatic nitrogens is 2. The Labute approximate surface area is 167 Å². The Bertz CT molecular complexity index is 1070. The van der Waals surface area contributed by atoms with Crippen molar-refractivity contribution in [2.45, 2.75) is 32.8 Å². The SMILES string of the molecule is CCOc1ccc(C(=O)[C@@H](C)OC(=O)CCc2nc3ccccc3c(=O)[nH]2)cc1. The Morgan fingerprint density at radius 3 is 2.55 bits per heavy atom. The monoisotopic (exact) mass is 394 g/mol. The number of para-hydroxylation sites is 1. The van der Waals surface area contributed by atoms with E-state index in [9.17, 15) is 14.4 Å². The third-order valence-corrected chi connectivity index (χ3v) is 4.36. The molecule has 7 heteroatoms. The summed E-state index contributed by atoms with van der Waals surface area (Å²) in [7, 11) is 0. The third-order valence-electron chi connectivity index (χ3n) is 4.36. The van der Waals surface area contributed by atoms with E-state index >= 15 is 0 Å². The minimum Gasteiger partial charge on any atom is -0.494 e. The molecule has 0 aliphatic heterocycles. The summed E-state index contributed by atoms with van der Waals surface area (Å²) < 4.78 is 10.6. The molecule has 1 atom stereocenters. The summed E-state index contributed by atoms with van der Waals surface area (Å²) in [6, 6.07) is 13.7. The van der Waals surface area contributed by atoms with E-state index in [1.807, 2.05) is 6.92 Å². The summed E-state index contributed by atoms with van der Waals surface area (Å²) in [6.45, 7) is 3.95. The fraction of sp³-hybridized carbons (Fsp3) is 0.273. The van der Waals surface area contributed by atoms with Gasteiger partial charge in [-0.25, -0.2) is 4.98 Å². The minimum absolute atomic E-state index is 0.00216. The van der Waals surface area contributed by atoms with Crippen molar-refractivity contribution in [2.75, 3.05) is 6.61 Å². The number of esters is 1. The van der Waals surface area contributed by atoms with Crippen LogP contribution >= 0.6 is 0 Å². The van der Waals surface area contributed by atoms with Crippen LogP contribution in [0.25, 0.3) is 10.9 Å². The van der Waals surface area contributed by atoms with Crippen LogP contribution < -0.4 is 10.3 Å². The molecule has 0 aliphatic carbocycles. The van der Waals surface area contributed by atoms with E-state index in [1.54, 1.807) is 48.5 Å². The van der Waals surface area contributed by atoms with Gasteiger partial charge in [-0.15, -0.1) is 0 Å². The first kappa shape index (κ1) is 20.3. The third kappa shape index (κ3) is 5.07. The van der Waals surface area contributed by atoms with Crippen LogP contribution in [0.1, 0.15) is 36.5 Å². The maximum Gasteiger partial charge on any atom is 0.306 e. The number of ketones is 1. The molecule has 3 aromatic rings. The molecular formula is C22H22N2O5. The Hall–Kier alpha value is -3.48. The number of ether oxygens (including phenoxy) is 2. The Kier molecular flexibility index (Phi) is 6.39. The molecule has 0 aliphatic rings. The summed E-state index contributed by atoms with van der Waals surface area (Å²) in [5.41, 5.74) is 0.756. The first-order valence-electron chi connectivity index (χ1n) is 9.42. The van der Waals surface area contributed by atoms with Gasteiger partial charge < -0.3 is 14.5 Å². The number of fused-ring (bicyclic) bond motifs is 1. The van der Waals surface area contributed by atoms with Gasteiger partial charge in [-0.05, 0) is 50.2 Å². The predicted octanol–water partition coefficient (Wildman–Crippen LogP) is 3.07. The molecule has 2 aromatic carbocycles. The van der Waals surface area contributed by atoms with Crippen LogP contribution in [-0.4, -0.2) is 34.4 Å². The number of nitrogens with zero attached hydrogens (tertiary/aromatic N) is 1. The van der Waals surface area contributed by atoms with E-state index in [2.05, 4.69) is 9.97 Å². The zero-order chi connectivity index (χ0) is 20.8. The van der Waals surface area contributed by atoms with E-state index in [1.165, 1.54) is 6.92 Å². The summed E-state index contributed by atoms with van der Waals surface area (Å²) >= 11 is 0. The lowest BCUT2D eigenvalue weighted by molar-refractivity contribution is -0.146. The van der Waals surface area contributed by atoms with Crippen LogP contribution in [0, 0.1) is 0 Å².